The van der Waals surface area contributed by atoms with Crippen LogP contribution >= 0.6 is 0 Å². The SMILES string of the molecule is C[C@]12C=CC(=O)C=C1CC[C@H]1[C@@H]3[C@@H]4CC[C@@H]4[C@@](O)(CCCO)[C@@]3(C)CC[C@@H]12. The molecule has 0 amide bonds. The first-order valence-electron chi connectivity index (χ1n) is 11.1. The quantitative estimate of drug-likeness (QED) is 0.788. The van der Waals surface area contributed by atoms with Crippen molar-refractivity contribution >= 4 is 5.78 Å². The normalized spacial score (nSPS) is 53.0. The van der Waals surface area contributed by atoms with Crippen molar-refractivity contribution in [2.24, 2.45) is 40.4 Å². The van der Waals surface area contributed by atoms with Gasteiger partial charge in [0.2, 0.25) is 0 Å². The van der Waals surface area contributed by atoms with Gasteiger partial charge in [-0.15, -0.1) is 0 Å². The predicted molar refractivity (Wildman–Crippen MR) is 105 cm³/mol. The van der Waals surface area contributed by atoms with Gasteiger partial charge in [-0.25, -0.2) is 0 Å². The molecule has 3 heteroatoms. The highest BCUT2D eigenvalue weighted by Crippen LogP contribution is 2.74. The molecular formula is C24H34O3. The van der Waals surface area contributed by atoms with E-state index in [1.54, 1.807) is 6.08 Å². The van der Waals surface area contributed by atoms with E-state index >= 15 is 0 Å². The molecule has 0 aromatic heterocycles. The molecule has 0 bridgehead atoms. The Morgan fingerprint density at radius 1 is 1.11 bits per heavy atom. The van der Waals surface area contributed by atoms with Gasteiger partial charge in [0.05, 0.1) is 5.60 Å². The van der Waals surface area contributed by atoms with Crippen LogP contribution in [-0.2, 0) is 4.79 Å². The first kappa shape index (κ1) is 18.1. The number of aliphatic hydroxyl groups is 2. The first-order valence-corrected chi connectivity index (χ1v) is 11.1. The van der Waals surface area contributed by atoms with Crippen molar-refractivity contribution in [2.45, 2.75) is 70.8 Å². The summed E-state index contributed by atoms with van der Waals surface area (Å²) in [5.74, 6) is 3.10. The standard InChI is InChI=1S/C24H34O3/c1-22-11-8-16(26)14-15(22)4-5-17-19(22)9-12-23(2)21(17)18-6-7-20(18)24(23,27)10-3-13-25/h8,11,14,17-21,25,27H,3-7,9-10,12-13H2,1-2H3/t17-,18-,19+,20+,21-,22+,23+,24+/m1/s1. The summed E-state index contributed by atoms with van der Waals surface area (Å²) in [6.45, 7) is 4.90. The molecule has 0 unspecified atom stereocenters. The smallest absolute Gasteiger partial charge is 0.178 e. The van der Waals surface area contributed by atoms with E-state index in [0.29, 0.717) is 36.0 Å². The van der Waals surface area contributed by atoms with Crippen molar-refractivity contribution in [1.29, 1.82) is 0 Å². The molecule has 4 fully saturated rings. The Labute approximate surface area is 162 Å². The van der Waals surface area contributed by atoms with Crippen LogP contribution in [0.25, 0.3) is 0 Å². The van der Waals surface area contributed by atoms with E-state index in [-0.39, 0.29) is 23.2 Å². The number of ketones is 1. The third-order valence-corrected chi connectivity index (χ3v) is 9.92. The lowest BCUT2D eigenvalue weighted by Gasteiger charge is -2.58. The fourth-order valence-corrected chi connectivity index (χ4v) is 8.53. The molecule has 27 heavy (non-hydrogen) atoms. The molecule has 5 aliphatic rings. The minimum Gasteiger partial charge on any atom is -0.396 e. The third-order valence-electron chi connectivity index (χ3n) is 9.92. The molecule has 0 saturated heterocycles. The van der Waals surface area contributed by atoms with Crippen molar-refractivity contribution in [3.05, 3.63) is 23.8 Å². The monoisotopic (exact) mass is 370 g/mol. The highest BCUT2D eigenvalue weighted by Gasteiger charge is 2.72. The molecule has 5 rings (SSSR count). The average molecular weight is 371 g/mol. The number of carbonyl (C=O) groups excluding carboxylic acids is 1. The molecule has 8 atom stereocenters. The molecular weight excluding hydrogens is 336 g/mol. The van der Waals surface area contributed by atoms with E-state index in [1.165, 1.54) is 18.4 Å². The lowest BCUT2D eigenvalue weighted by molar-refractivity contribution is -0.141. The van der Waals surface area contributed by atoms with Gasteiger partial charge in [-0.3, -0.25) is 4.79 Å². The Morgan fingerprint density at radius 3 is 2.59 bits per heavy atom. The van der Waals surface area contributed by atoms with Gasteiger partial charge in [0, 0.05) is 12.0 Å². The molecule has 0 heterocycles. The van der Waals surface area contributed by atoms with Crippen LogP contribution in [0.3, 0.4) is 0 Å². The number of carbonyl (C=O) groups is 1. The molecule has 0 aromatic rings. The van der Waals surface area contributed by atoms with E-state index in [2.05, 4.69) is 19.9 Å². The van der Waals surface area contributed by atoms with Crippen LogP contribution in [0.5, 0.6) is 0 Å². The molecule has 3 nitrogen and oxygen atoms in total. The number of fused-ring (bicyclic) bond motifs is 7. The maximum absolute atomic E-state index is 11.9. The summed E-state index contributed by atoms with van der Waals surface area (Å²) in [6, 6.07) is 0. The zero-order valence-corrected chi connectivity index (χ0v) is 16.8. The number of aliphatic hydroxyl groups excluding tert-OH is 1. The van der Waals surface area contributed by atoms with E-state index in [4.69, 9.17) is 0 Å². The zero-order valence-electron chi connectivity index (χ0n) is 16.8. The van der Waals surface area contributed by atoms with Crippen molar-refractivity contribution in [3.8, 4) is 0 Å². The lowest BCUT2D eigenvalue weighted by atomic mass is 9.46. The maximum Gasteiger partial charge on any atom is 0.178 e. The number of allylic oxidation sites excluding steroid dienone is 4. The largest absolute Gasteiger partial charge is 0.396 e. The number of hydrogen-bond donors (Lipinski definition) is 2. The van der Waals surface area contributed by atoms with Gasteiger partial charge in [0.25, 0.3) is 0 Å². The Bertz CT molecular complexity index is 723. The van der Waals surface area contributed by atoms with Crippen LogP contribution < -0.4 is 0 Å². The van der Waals surface area contributed by atoms with Crippen LogP contribution in [-0.4, -0.2) is 28.2 Å². The van der Waals surface area contributed by atoms with Crippen LogP contribution in [0.15, 0.2) is 23.8 Å². The molecule has 148 valence electrons. The minimum atomic E-state index is -0.594. The predicted octanol–water partition coefficient (Wildman–Crippen LogP) is 4.04. The topological polar surface area (TPSA) is 57.5 Å². The highest BCUT2D eigenvalue weighted by atomic mass is 16.3. The summed E-state index contributed by atoms with van der Waals surface area (Å²) in [5.41, 5.74) is 0.770. The number of hydrogen-bond acceptors (Lipinski definition) is 3. The second-order valence-electron chi connectivity index (χ2n) is 10.6. The summed E-state index contributed by atoms with van der Waals surface area (Å²) in [5, 5.41) is 21.3. The molecule has 0 aliphatic heterocycles. The van der Waals surface area contributed by atoms with E-state index in [9.17, 15) is 15.0 Å². The Balaban J connectivity index is 1.52. The van der Waals surface area contributed by atoms with Gasteiger partial charge < -0.3 is 10.2 Å². The van der Waals surface area contributed by atoms with Crippen LogP contribution in [0.1, 0.15) is 65.2 Å². The molecule has 0 aromatic carbocycles. The second-order valence-corrected chi connectivity index (χ2v) is 10.6. The summed E-state index contributed by atoms with van der Waals surface area (Å²) < 4.78 is 0. The summed E-state index contributed by atoms with van der Waals surface area (Å²) in [6.07, 6.45) is 14.2. The Hall–Kier alpha value is -0.930. The average Bonchev–Trinajstić information content (AvgIpc) is 2.74. The molecule has 4 saturated carbocycles. The number of rotatable bonds is 3. The van der Waals surface area contributed by atoms with Crippen LogP contribution in [0.4, 0.5) is 0 Å². The van der Waals surface area contributed by atoms with Gasteiger partial charge in [-0.05, 0) is 98.5 Å². The molecule has 0 radical (unpaired) electrons. The lowest BCUT2D eigenvalue weighted by Crippen LogP contribution is -2.55. The third kappa shape index (κ3) is 2.13. The fourth-order valence-electron chi connectivity index (χ4n) is 8.53. The van der Waals surface area contributed by atoms with E-state index in [0.717, 1.165) is 32.1 Å². The summed E-state index contributed by atoms with van der Waals surface area (Å²) in [7, 11) is 0. The Morgan fingerprint density at radius 2 is 1.89 bits per heavy atom. The first-order chi connectivity index (χ1) is 12.8. The maximum atomic E-state index is 11.9. The van der Waals surface area contributed by atoms with E-state index < -0.39 is 5.60 Å². The molecule has 5 aliphatic carbocycles. The minimum absolute atomic E-state index is 0.0129. The van der Waals surface area contributed by atoms with Crippen molar-refractivity contribution in [3.63, 3.8) is 0 Å². The van der Waals surface area contributed by atoms with Gasteiger partial charge >= 0.3 is 0 Å². The van der Waals surface area contributed by atoms with Crippen LogP contribution in [0, 0.1) is 40.4 Å². The van der Waals surface area contributed by atoms with E-state index in [1.807, 2.05) is 6.08 Å². The van der Waals surface area contributed by atoms with Gasteiger partial charge in [0.1, 0.15) is 0 Å². The molecule has 0 spiro atoms. The van der Waals surface area contributed by atoms with Crippen molar-refractivity contribution in [1.82, 2.24) is 0 Å². The zero-order chi connectivity index (χ0) is 19.0. The second kappa shape index (κ2) is 5.79. The fraction of sp³-hybridized carbons (Fsp3) is 0.792. The van der Waals surface area contributed by atoms with Gasteiger partial charge in [0.15, 0.2) is 5.78 Å². The van der Waals surface area contributed by atoms with Gasteiger partial charge in [-0.1, -0.05) is 25.5 Å². The van der Waals surface area contributed by atoms with Crippen molar-refractivity contribution < 1.29 is 15.0 Å². The Kier molecular flexibility index (Phi) is 3.89. The van der Waals surface area contributed by atoms with Crippen molar-refractivity contribution in [2.75, 3.05) is 6.61 Å². The van der Waals surface area contributed by atoms with Crippen LogP contribution in [0.2, 0.25) is 0 Å². The highest BCUT2D eigenvalue weighted by molar-refractivity contribution is 6.01. The summed E-state index contributed by atoms with van der Waals surface area (Å²) >= 11 is 0. The summed E-state index contributed by atoms with van der Waals surface area (Å²) in [4.78, 5) is 11.9. The van der Waals surface area contributed by atoms with Gasteiger partial charge in [-0.2, -0.15) is 0 Å². The molecule has 2 N–H and O–H groups in total.